The molecule has 0 bridgehead atoms. The zero-order valence-corrected chi connectivity index (χ0v) is 18.3. The molecular formula is C20H14ClF2N6O3S+. The van der Waals surface area contributed by atoms with Crippen LogP contribution in [0.2, 0.25) is 5.02 Å². The van der Waals surface area contributed by atoms with E-state index in [1.54, 1.807) is 18.4 Å². The number of aryl methyl sites for hydroxylation is 1. The number of nitrogens with one attached hydrogen (secondary N) is 2. The monoisotopic (exact) mass is 491 g/mol. The van der Waals surface area contributed by atoms with Gasteiger partial charge in [-0.1, -0.05) is 28.5 Å². The van der Waals surface area contributed by atoms with E-state index < -0.39 is 17.7 Å². The van der Waals surface area contributed by atoms with Gasteiger partial charge in [0.05, 0.1) is 10.5 Å². The van der Waals surface area contributed by atoms with Crippen molar-refractivity contribution in [2.24, 2.45) is 5.11 Å². The van der Waals surface area contributed by atoms with E-state index in [-0.39, 0.29) is 51.5 Å². The Morgan fingerprint density at radius 3 is 2.76 bits per heavy atom. The van der Waals surface area contributed by atoms with Gasteiger partial charge >= 0.3 is 6.03 Å². The minimum absolute atomic E-state index is 0.0160. The molecule has 4 rings (SSSR count). The molecule has 168 valence electrons. The number of benzene rings is 1. The van der Waals surface area contributed by atoms with E-state index in [0.717, 1.165) is 12.1 Å². The SMILES string of the molecule is Cc1nc(-c2c(F)cc(Cl)cc2-c2cnc(CNC(=O)[NH+]=NC(O)=C3C=CS3)c(F)c2)no1. The normalized spacial score (nSPS) is 14.4. The van der Waals surface area contributed by atoms with Crippen LogP contribution in [0.25, 0.3) is 22.5 Å². The second-order valence-electron chi connectivity index (χ2n) is 6.61. The van der Waals surface area contributed by atoms with Gasteiger partial charge < -0.3 is 9.63 Å². The first kappa shape index (κ1) is 22.6. The van der Waals surface area contributed by atoms with Gasteiger partial charge in [0, 0.05) is 23.7 Å². The van der Waals surface area contributed by atoms with Crippen molar-refractivity contribution in [1.82, 2.24) is 20.4 Å². The zero-order valence-electron chi connectivity index (χ0n) is 16.8. The topological polar surface area (TPSA) is 127 Å². The molecule has 3 aromatic rings. The lowest BCUT2D eigenvalue weighted by molar-refractivity contribution is -0.427. The highest BCUT2D eigenvalue weighted by molar-refractivity contribution is 8.07. The third kappa shape index (κ3) is 5.07. The number of allylic oxidation sites excluding steroid dienone is 1. The number of carbonyl (C=O) groups excluding carboxylic acids is 1. The summed E-state index contributed by atoms with van der Waals surface area (Å²) in [6.07, 6.45) is 2.93. The molecule has 3 heterocycles. The van der Waals surface area contributed by atoms with Crippen molar-refractivity contribution in [2.75, 3.05) is 0 Å². The molecule has 1 aliphatic rings. The summed E-state index contributed by atoms with van der Waals surface area (Å²) < 4.78 is 34.3. The standard InChI is InChI=1S/C20H13ClF2N6O3S/c1-9-26-18(29-32-9)17-12(5-11(21)6-14(17)23)10-4-13(22)15(24-7-10)8-25-20(31)28-27-19(30)16-2-3-33-16/h2-7,30H,8H2,1H3,(H,25,31)/p+1. The molecule has 0 saturated heterocycles. The van der Waals surface area contributed by atoms with Crippen molar-refractivity contribution < 1.29 is 28.3 Å². The molecule has 13 heteroatoms. The Hall–Kier alpha value is -3.64. The number of aliphatic hydroxyl groups is 1. The summed E-state index contributed by atoms with van der Waals surface area (Å²) in [6.45, 7) is 1.29. The predicted octanol–water partition coefficient (Wildman–Crippen LogP) is 3.77. The molecule has 2 amide bonds. The highest BCUT2D eigenvalue weighted by Gasteiger charge is 2.21. The number of azo groups is 1. The quantitative estimate of drug-likeness (QED) is 0.366. The molecule has 9 nitrogen and oxygen atoms in total. The van der Waals surface area contributed by atoms with Crippen LogP contribution in [0.15, 0.2) is 56.3 Å². The summed E-state index contributed by atoms with van der Waals surface area (Å²) in [7, 11) is 0. The second kappa shape index (κ2) is 9.46. The van der Waals surface area contributed by atoms with E-state index in [4.69, 9.17) is 16.1 Å². The number of pyridine rings is 1. The molecule has 0 unspecified atom stereocenters. The number of halogens is 3. The largest absolute Gasteiger partial charge is 0.509 e. The average molecular weight is 492 g/mol. The fourth-order valence-corrected chi connectivity index (χ4v) is 3.43. The Morgan fingerprint density at radius 2 is 2.12 bits per heavy atom. The summed E-state index contributed by atoms with van der Waals surface area (Å²) in [5, 5.41) is 23.1. The Labute approximate surface area is 194 Å². The van der Waals surface area contributed by atoms with Crippen LogP contribution < -0.4 is 10.4 Å². The van der Waals surface area contributed by atoms with Crippen LogP contribution >= 0.6 is 23.4 Å². The molecule has 1 aliphatic heterocycles. The second-order valence-corrected chi connectivity index (χ2v) is 8.00. The minimum Gasteiger partial charge on any atom is -0.490 e. The van der Waals surface area contributed by atoms with Crippen LogP contribution in [-0.4, -0.2) is 26.3 Å². The van der Waals surface area contributed by atoms with E-state index in [1.807, 2.05) is 0 Å². The molecule has 3 N–H and O–H groups in total. The van der Waals surface area contributed by atoms with E-state index in [2.05, 4.69) is 30.7 Å². The molecular weight excluding hydrogens is 478 g/mol. The van der Waals surface area contributed by atoms with Crippen molar-refractivity contribution in [1.29, 1.82) is 0 Å². The predicted molar refractivity (Wildman–Crippen MR) is 115 cm³/mol. The number of hydrogen-bond donors (Lipinski definition) is 3. The van der Waals surface area contributed by atoms with Gasteiger partial charge in [-0.3, -0.25) is 4.98 Å². The van der Waals surface area contributed by atoms with E-state index in [0.29, 0.717) is 4.91 Å². The Bertz CT molecular complexity index is 1340. The van der Waals surface area contributed by atoms with Gasteiger partial charge in [0.1, 0.15) is 23.9 Å². The summed E-state index contributed by atoms with van der Waals surface area (Å²) in [5.74, 6) is -1.58. The lowest BCUT2D eigenvalue weighted by Crippen LogP contribution is -2.74. The van der Waals surface area contributed by atoms with Gasteiger partial charge in [-0.2, -0.15) is 9.78 Å². The van der Waals surface area contributed by atoms with Gasteiger partial charge in [0.15, 0.2) is 0 Å². The number of carbonyl (C=O) groups is 1. The number of urea groups is 1. The molecule has 1 aromatic carbocycles. The van der Waals surface area contributed by atoms with E-state index >= 15 is 0 Å². The van der Waals surface area contributed by atoms with Gasteiger partial charge in [-0.05, 0) is 40.4 Å². The number of hydrogen-bond acceptors (Lipinski definition) is 8. The number of thioether (sulfide) groups is 1. The van der Waals surface area contributed by atoms with Crippen molar-refractivity contribution in [3.8, 4) is 22.5 Å². The van der Waals surface area contributed by atoms with Crippen molar-refractivity contribution in [3.05, 3.63) is 74.9 Å². The molecule has 0 atom stereocenters. The fraction of sp³-hybridized carbons (Fsp3) is 0.100. The third-order valence-electron chi connectivity index (χ3n) is 4.35. The summed E-state index contributed by atoms with van der Waals surface area (Å²) >= 11 is 7.26. The van der Waals surface area contributed by atoms with Gasteiger partial charge in [-0.15, -0.1) is 5.11 Å². The Balaban J connectivity index is 1.54. The van der Waals surface area contributed by atoms with Crippen molar-refractivity contribution in [2.45, 2.75) is 13.5 Å². The van der Waals surface area contributed by atoms with Crippen LogP contribution in [0.5, 0.6) is 0 Å². The summed E-state index contributed by atoms with van der Waals surface area (Å²) in [6, 6.07) is 2.88. The minimum atomic E-state index is -0.771. The molecule has 0 spiro atoms. The number of aliphatic hydroxyl groups excluding tert-OH is 1. The highest BCUT2D eigenvalue weighted by atomic mass is 35.5. The molecule has 2 aromatic heterocycles. The third-order valence-corrected chi connectivity index (χ3v) is 5.41. The molecule has 0 saturated carbocycles. The fourth-order valence-electron chi connectivity index (χ4n) is 2.80. The lowest BCUT2D eigenvalue weighted by Gasteiger charge is -2.10. The van der Waals surface area contributed by atoms with Crippen LogP contribution in [0, 0.1) is 18.6 Å². The van der Waals surface area contributed by atoms with Crippen LogP contribution in [0.3, 0.4) is 0 Å². The Morgan fingerprint density at radius 1 is 1.33 bits per heavy atom. The van der Waals surface area contributed by atoms with Crippen molar-refractivity contribution in [3.63, 3.8) is 0 Å². The first-order chi connectivity index (χ1) is 15.8. The van der Waals surface area contributed by atoms with E-state index in [1.165, 1.54) is 24.0 Å². The summed E-state index contributed by atoms with van der Waals surface area (Å²) in [5.41, 5.74) is 0.345. The van der Waals surface area contributed by atoms with Crippen molar-refractivity contribution >= 4 is 29.4 Å². The smallest absolute Gasteiger partial charge is 0.490 e. The first-order valence-corrected chi connectivity index (χ1v) is 10.5. The molecule has 0 radical (unpaired) electrons. The van der Waals surface area contributed by atoms with Gasteiger partial charge in [0.2, 0.25) is 11.7 Å². The molecule has 0 aliphatic carbocycles. The van der Waals surface area contributed by atoms with Gasteiger partial charge in [-0.25, -0.2) is 14.1 Å². The molecule has 33 heavy (non-hydrogen) atoms. The zero-order chi connectivity index (χ0) is 23.5. The van der Waals surface area contributed by atoms with Crippen LogP contribution in [-0.2, 0) is 6.54 Å². The average Bonchev–Trinajstić information content (AvgIpc) is 3.15. The number of rotatable bonds is 5. The number of aromatic nitrogens is 3. The van der Waals surface area contributed by atoms with E-state index in [9.17, 15) is 18.7 Å². The maximum absolute atomic E-state index is 14.7. The van der Waals surface area contributed by atoms with Gasteiger partial charge in [0.25, 0.3) is 5.88 Å². The highest BCUT2D eigenvalue weighted by Crippen LogP contribution is 2.35. The molecule has 0 fully saturated rings. The van der Waals surface area contributed by atoms with Crippen LogP contribution in [0.1, 0.15) is 11.6 Å². The first-order valence-electron chi connectivity index (χ1n) is 9.27. The van der Waals surface area contributed by atoms with Crippen LogP contribution in [0.4, 0.5) is 13.6 Å². The number of amides is 2. The lowest BCUT2D eigenvalue weighted by atomic mass is 9.99. The Kier molecular flexibility index (Phi) is 6.47. The maximum atomic E-state index is 14.7. The maximum Gasteiger partial charge on any atom is 0.509 e. The summed E-state index contributed by atoms with van der Waals surface area (Å²) in [4.78, 5) is 20.4. The number of nitrogens with zero attached hydrogens (tertiary/aromatic N) is 4.